The third-order valence-corrected chi connectivity index (χ3v) is 2.16. The normalized spacial score (nSPS) is 9.50. The van der Waals surface area contributed by atoms with Crippen LogP contribution in [0.15, 0.2) is 22.7 Å². The first kappa shape index (κ1) is 9.26. The molecule has 0 aliphatic heterocycles. The second-order valence-corrected chi connectivity index (χ2v) is 3.33. The Morgan fingerprint density at radius 3 is 2.92 bits per heavy atom. The molecule has 0 atom stereocenters. The van der Waals surface area contributed by atoms with E-state index in [1.54, 1.807) is 0 Å². The second kappa shape index (κ2) is 4.26. The number of rotatable bonds is 3. The zero-order valence-electron chi connectivity index (χ0n) is 6.80. The Bertz CT molecular complexity index is 286. The van der Waals surface area contributed by atoms with Crippen molar-refractivity contribution in [1.29, 1.82) is 0 Å². The van der Waals surface area contributed by atoms with Gasteiger partial charge in [0.1, 0.15) is 0 Å². The van der Waals surface area contributed by atoms with E-state index >= 15 is 0 Å². The van der Waals surface area contributed by atoms with Gasteiger partial charge in [-0.3, -0.25) is 4.79 Å². The smallest absolute Gasteiger partial charge is 0.211 e. The van der Waals surface area contributed by atoms with E-state index in [0.29, 0.717) is 6.41 Å². The van der Waals surface area contributed by atoms with Gasteiger partial charge in [0.2, 0.25) is 6.41 Å². The number of hydrogen-bond acceptors (Lipinski definition) is 1. The molecule has 3 heteroatoms. The van der Waals surface area contributed by atoms with Crippen molar-refractivity contribution in [2.75, 3.05) is 5.32 Å². The van der Waals surface area contributed by atoms with E-state index in [1.165, 1.54) is 0 Å². The van der Waals surface area contributed by atoms with Crippen molar-refractivity contribution >= 4 is 28.0 Å². The number of halogens is 1. The van der Waals surface area contributed by atoms with E-state index in [1.807, 2.05) is 18.2 Å². The maximum Gasteiger partial charge on any atom is 0.211 e. The maximum absolute atomic E-state index is 10.2. The quantitative estimate of drug-likeness (QED) is 0.791. The molecule has 1 amide bonds. The summed E-state index contributed by atoms with van der Waals surface area (Å²) in [5.41, 5.74) is 2.02. The Morgan fingerprint density at radius 1 is 1.58 bits per heavy atom. The van der Waals surface area contributed by atoms with Crippen molar-refractivity contribution < 1.29 is 4.79 Å². The molecule has 0 radical (unpaired) electrons. The first-order valence-electron chi connectivity index (χ1n) is 3.76. The van der Waals surface area contributed by atoms with E-state index in [-0.39, 0.29) is 0 Å². The van der Waals surface area contributed by atoms with Crippen LogP contribution >= 0.6 is 15.9 Å². The van der Waals surface area contributed by atoms with Gasteiger partial charge in [0.15, 0.2) is 0 Å². The third kappa shape index (κ3) is 2.08. The number of amides is 1. The van der Waals surface area contributed by atoms with Gasteiger partial charge in [-0.05, 0) is 24.1 Å². The lowest BCUT2D eigenvalue weighted by atomic mass is 10.1. The molecule has 2 nitrogen and oxygen atoms in total. The SMILES string of the molecule is CCc1ccc(Br)cc1NC=O. The highest BCUT2D eigenvalue weighted by Crippen LogP contribution is 2.21. The molecule has 0 aliphatic carbocycles. The van der Waals surface area contributed by atoms with E-state index in [0.717, 1.165) is 22.1 Å². The predicted molar refractivity (Wildman–Crippen MR) is 53.2 cm³/mol. The largest absolute Gasteiger partial charge is 0.328 e. The topological polar surface area (TPSA) is 29.1 Å². The monoisotopic (exact) mass is 227 g/mol. The van der Waals surface area contributed by atoms with Crippen LogP contribution < -0.4 is 5.32 Å². The van der Waals surface area contributed by atoms with Gasteiger partial charge in [-0.15, -0.1) is 0 Å². The summed E-state index contributed by atoms with van der Waals surface area (Å²) in [5, 5.41) is 2.66. The third-order valence-electron chi connectivity index (χ3n) is 1.67. The highest BCUT2D eigenvalue weighted by Gasteiger charge is 1.99. The van der Waals surface area contributed by atoms with Crippen molar-refractivity contribution in [2.24, 2.45) is 0 Å². The summed E-state index contributed by atoms with van der Waals surface area (Å²) in [6.45, 7) is 2.05. The summed E-state index contributed by atoms with van der Waals surface area (Å²) in [7, 11) is 0. The van der Waals surface area contributed by atoms with Crippen LogP contribution in [0.5, 0.6) is 0 Å². The Labute approximate surface area is 80.1 Å². The molecular formula is C9H10BrNO. The van der Waals surface area contributed by atoms with Gasteiger partial charge in [0.05, 0.1) is 0 Å². The number of benzene rings is 1. The summed E-state index contributed by atoms with van der Waals surface area (Å²) in [6, 6.07) is 5.86. The fourth-order valence-corrected chi connectivity index (χ4v) is 1.42. The average molecular weight is 228 g/mol. The molecule has 0 bridgehead atoms. The van der Waals surface area contributed by atoms with Crippen molar-refractivity contribution in [3.05, 3.63) is 28.2 Å². The Balaban J connectivity index is 3.03. The molecule has 0 fully saturated rings. The molecular weight excluding hydrogens is 218 g/mol. The van der Waals surface area contributed by atoms with Crippen molar-refractivity contribution in [3.63, 3.8) is 0 Å². The standard InChI is InChI=1S/C9H10BrNO/c1-2-7-3-4-8(10)5-9(7)11-6-12/h3-6H,2H2,1H3,(H,11,12). The number of nitrogens with one attached hydrogen (secondary N) is 1. The average Bonchev–Trinajstić information content (AvgIpc) is 2.05. The molecule has 12 heavy (non-hydrogen) atoms. The van der Waals surface area contributed by atoms with Gasteiger partial charge in [0, 0.05) is 10.2 Å². The summed E-state index contributed by atoms with van der Waals surface area (Å²) < 4.78 is 0.976. The van der Waals surface area contributed by atoms with Crippen molar-refractivity contribution in [1.82, 2.24) is 0 Å². The van der Waals surface area contributed by atoms with Crippen LogP contribution in [0, 0.1) is 0 Å². The number of anilines is 1. The van der Waals surface area contributed by atoms with Gasteiger partial charge < -0.3 is 5.32 Å². The highest BCUT2D eigenvalue weighted by molar-refractivity contribution is 9.10. The summed E-state index contributed by atoms with van der Waals surface area (Å²) in [4.78, 5) is 10.2. The number of carbonyl (C=O) groups is 1. The zero-order chi connectivity index (χ0) is 8.97. The summed E-state index contributed by atoms with van der Waals surface area (Å²) in [6.07, 6.45) is 1.62. The maximum atomic E-state index is 10.2. The Kier molecular flexibility index (Phi) is 3.29. The molecule has 1 N–H and O–H groups in total. The van der Waals surface area contributed by atoms with Crippen LogP contribution in [0.3, 0.4) is 0 Å². The second-order valence-electron chi connectivity index (χ2n) is 2.42. The first-order valence-corrected chi connectivity index (χ1v) is 4.56. The molecule has 0 unspecified atom stereocenters. The number of aryl methyl sites for hydroxylation is 1. The fraction of sp³-hybridized carbons (Fsp3) is 0.222. The lowest BCUT2D eigenvalue weighted by Crippen LogP contribution is -1.97. The molecule has 64 valence electrons. The molecule has 0 heterocycles. The van der Waals surface area contributed by atoms with Crippen LogP contribution in [0.2, 0.25) is 0 Å². The predicted octanol–water partition coefficient (Wildman–Crippen LogP) is 2.58. The minimum atomic E-state index is 0.695. The Hall–Kier alpha value is -0.830. The first-order chi connectivity index (χ1) is 5.77. The van der Waals surface area contributed by atoms with Crippen LogP contribution in [0.4, 0.5) is 5.69 Å². The number of carbonyl (C=O) groups excluding carboxylic acids is 1. The van der Waals surface area contributed by atoms with Crippen LogP contribution in [0.25, 0.3) is 0 Å². The van der Waals surface area contributed by atoms with Gasteiger partial charge in [-0.1, -0.05) is 28.9 Å². The molecule has 0 saturated carbocycles. The van der Waals surface area contributed by atoms with E-state index in [4.69, 9.17) is 0 Å². The van der Waals surface area contributed by atoms with Crippen molar-refractivity contribution in [3.8, 4) is 0 Å². The fourth-order valence-electron chi connectivity index (χ4n) is 1.05. The minimum Gasteiger partial charge on any atom is -0.328 e. The molecule has 1 aromatic rings. The van der Waals surface area contributed by atoms with Crippen LogP contribution in [-0.4, -0.2) is 6.41 Å². The van der Waals surface area contributed by atoms with Crippen molar-refractivity contribution in [2.45, 2.75) is 13.3 Å². The van der Waals surface area contributed by atoms with Gasteiger partial charge >= 0.3 is 0 Å². The van der Waals surface area contributed by atoms with Gasteiger partial charge in [0.25, 0.3) is 0 Å². The van der Waals surface area contributed by atoms with E-state index in [2.05, 4.69) is 28.2 Å². The highest BCUT2D eigenvalue weighted by atomic mass is 79.9. The Morgan fingerprint density at radius 2 is 2.33 bits per heavy atom. The van der Waals surface area contributed by atoms with Gasteiger partial charge in [-0.2, -0.15) is 0 Å². The lowest BCUT2D eigenvalue weighted by Gasteiger charge is -2.05. The lowest BCUT2D eigenvalue weighted by molar-refractivity contribution is -0.105. The van der Waals surface area contributed by atoms with E-state index in [9.17, 15) is 4.79 Å². The van der Waals surface area contributed by atoms with Crippen LogP contribution in [0.1, 0.15) is 12.5 Å². The molecule has 0 aliphatic rings. The van der Waals surface area contributed by atoms with Crippen LogP contribution in [-0.2, 0) is 11.2 Å². The van der Waals surface area contributed by atoms with E-state index < -0.39 is 0 Å². The molecule has 0 spiro atoms. The molecule has 0 saturated heterocycles. The summed E-state index contributed by atoms with van der Waals surface area (Å²) in [5.74, 6) is 0. The molecule has 0 aromatic heterocycles. The number of hydrogen-bond donors (Lipinski definition) is 1. The molecule has 1 aromatic carbocycles. The minimum absolute atomic E-state index is 0.695. The summed E-state index contributed by atoms with van der Waals surface area (Å²) >= 11 is 3.34. The molecule has 1 rings (SSSR count). The van der Waals surface area contributed by atoms with Gasteiger partial charge in [-0.25, -0.2) is 0 Å². The zero-order valence-corrected chi connectivity index (χ0v) is 8.39.